The minimum absolute atomic E-state index is 0.0817. The number of likely N-dealkylation sites (tertiary alicyclic amines) is 2. The lowest BCUT2D eigenvalue weighted by atomic mass is 9.76. The van der Waals surface area contributed by atoms with Gasteiger partial charge in [0.2, 0.25) is 0 Å². The Morgan fingerprint density at radius 1 is 1.38 bits per heavy atom. The van der Waals surface area contributed by atoms with Crippen molar-refractivity contribution in [2.45, 2.75) is 52.1 Å². The van der Waals surface area contributed by atoms with E-state index in [1.54, 1.807) is 6.20 Å². The number of rotatable bonds is 3. The van der Waals surface area contributed by atoms with Crippen molar-refractivity contribution >= 4 is 5.91 Å². The van der Waals surface area contributed by atoms with E-state index < -0.39 is 0 Å². The van der Waals surface area contributed by atoms with Gasteiger partial charge in [0.05, 0.1) is 18.9 Å². The van der Waals surface area contributed by atoms with E-state index in [-0.39, 0.29) is 11.3 Å². The van der Waals surface area contributed by atoms with Crippen LogP contribution in [0.15, 0.2) is 6.20 Å². The number of piperidine rings is 2. The molecule has 1 spiro atoms. The van der Waals surface area contributed by atoms with Crippen molar-refractivity contribution in [3.05, 3.63) is 17.7 Å². The number of amides is 1. The molecule has 6 heteroatoms. The molecule has 0 radical (unpaired) electrons. The Balaban J connectivity index is 1.28. The van der Waals surface area contributed by atoms with Crippen LogP contribution in [0.3, 0.4) is 0 Å². The van der Waals surface area contributed by atoms with Crippen molar-refractivity contribution in [3.63, 3.8) is 0 Å². The Kier molecular flexibility index (Phi) is 5.06. The number of nitrogens with one attached hydrogen (secondary N) is 1. The smallest absolute Gasteiger partial charge is 0.271 e. The maximum atomic E-state index is 12.6. The van der Waals surface area contributed by atoms with Gasteiger partial charge >= 0.3 is 0 Å². The average Bonchev–Trinajstić information content (AvgIpc) is 3.22. The summed E-state index contributed by atoms with van der Waals surface area (Å²) >= 11 is 0. The number of hydrogen-bond acceptors (Lipinski definition) is 4. The average molecular weight is 361 g/mol. The summed E-state index contributed by atoms with van der Waals surface area (Å²) in [5.74, 6) is 1.69. The van der Waals surface area contributed by atoms with Gasteiger partial charge in [-0.1, -0.05) is 6.92 Å². The molecule has 1 N–H and O–H groups in total. The van der Waals surface area contributed by atoms with Crippen LogP contribution in [0.25, 0.3) is 0 Å². The van der Waals surface area contributed by atoms with Gasteiger partial charge in [-0.05, 0) is 56.9 Å². The molecule has 3 aliphatic heterocycles. The fraction of sp³-hybridized carbons (Fsp3) is 0.800. The number of hydrogen-bond donors (Lipinski definition) is 1. The number of nitrogens with zero attached hydrogens (tertiary/aromatic N) is 3. The predicted octanol–water partition coefficient (Wildman–Crippen LogP) is 2.46. The molecule has 0 unspecified atom stereocenters. The molecule has 144 valence electrons. The van der Waals surface area contributed by atoms with Gasteiger partial charge in [-0.2, -0.15) is 0 Å². The minimum atomic E-state index is 0.0817. The largest absolute Gasteiger partial charge is 0.376 e. The molecule has 6 nitrogen and oxygen atoms in total. The van der Waals surface area contributed by atoms with Crippen LogP contribution in [0.2, 0.25) is 0 Å². The lowest BCUT2D eigenvalue weighted by Gasteiger charge is -2.38. The van der Waals surface area contributed by atoms with Gasteiger partial charge in [0.25, 0.3) is 5.91 Å². The SMILES string of the molecule is Cc1ncc(C(=O)N2CCC3(CC2)CO[C@H](CN2CCC[C@@H](C)C2)C3)[nH]1. The third-order valence-electron chi connectivity index (χ3n) is 6.53. The summed E-state index contributed by atoms with van der Waals surface area (Å²) in [5.41, 5.74) is 0.894. The van der Waals surface area contributed by atoms with E-state index in [1.807, 2.05) is 11.8 Å². The molecule has 0 aromatic carbocycles. The Hall–Kier alpha value is -1.40. The number of H-pyrrole nitrogens is 1. The monoisotopic (exact) mass is 360 g/mol. The first kappa shape index (κ1) is 18.0. The van der Waals surface area contributed by atoms with E-state index >= 15 is 0 Å². The van der Waals surface area contributed by atoms with Gasteiger partial charge in [0, 0.05) is 26.2 Å². The molecule has 3 fully saturated rings. The molecule has 1 aromatic heterocycles. The molecule has 4 rings (SSSR count). The number of aromatic nitrogens is 2. The Morgan fingerprint density at radius 2 is 2.19 bits per heavy atom. The molecule has 0 saturated carbocycles. The van der Waals surface area contributed by atoms with E-state index in [4.69, 9.17) is 4.74 Å². The van der Waals surface area contributed by atoms with E-state index in [0.29, 0.717) is 11.8 Å². The van der Waals surface area contributed by atoms with Crippen LogP contribution < -0.4 is 0 Å². The van der Waals surface area contributed by atoms with E-state index in [1.165, 1.54) is 25.9 Å². The summed E-state index contributed by atoms with van der Waals surface area (Å²) < 4.78 is 6.21. The molecular formula is C20H32N4O2. The second-order valence-electron chi connectivity index (χ2n) is 8.82. The number of imidazole rings is 1. The summed E-state index contributed by atoms with van der Waals surface area (Å²) in [6, 6.07) is 0. The zero-order chi connectivity index (χ0) is 18.1. The van der Waals surface area contributed by atoms with Crippen molar-refractivity contribution in [1.29, 1.82) is 0 Å². The Bertz CT molecular complexity index is 636. The van der Waals surface area contributed by atoms with Crippen molar-refractivity contribution in [2.24, 2.45) is 11.3 Å². The van der Waals surface area contributed by atoms with Crippen molar-refractivity contribution in [1.82, 2.24) is 19.8 Å². The summed E-state index contributed by atoms with van der Waals surface area (Å²) in [6.07, 6.45) is 7.98. The number of aromatic amines is 1. The highest BCUT2D eigenvalue weighted by atomic mass is 16.5. The number of carbonyl (C=O) groups is 1. The maximum Gasteiger partial charge on any atom is 0.271 e. The highest BCUT2D eigenvalue weighted by Gasteiger charge is 2.43. The van der Waals surface area contributed by atoms with E-state index in [2.05, 4.69) is 21.8 Å². The van der Waals surface area contributed by atoms with Gasteiger partial charge < -0.3 is 19.5 Å². The molecule has 26 heavy (non-hydrogen) atoms. The Morgan fingerprint density at radius 3 is 2.88 bits per heavy atom. The summed E-state index contributed by atoms with van der Waals surface area (Å²) in [5, 5.41) is 0. The number of aryl methyl sites for hydroxylation is 1. The molecule has 1 amide bonds. The first-order chi connectivity index (χ1) is 12.5. The van der Waals surface area contributed by atoms with Gasteiger partial charge in [0.15, 0.2) is 0 Å². The van der Waals surface area contributed by atoms with Crippen molar-refractivity contribution in [2.75, 3.05) is 39.3 Å². The van der Waals surface area contributed by atoms with Crippen LogP contribution in [-0.4, -0.2) is 71.1 Å². The second kappa shape index (κ2) is 7.31. The fourth-order valence-corrected chi connectivity index (χ4v) is 4.99. The van der Waals surface area contributed by atoms with Crippen LogP contribution in [0.1, 0.15) is 55.3 Å². The predicted molar refractivity (Wildman–Crippen MR) is 100 cm³/mol. The van der Waals surface area contributed by atoms with Crippen LogP contribution in [0.5, 0.6) is 0 Å². The van der Waals surface area contributed by atoms with Crippen molar-refractivity contribution < 1.29 is 9.53 Å². The quantitative estimate of drug-likeness (QED) is 0.899. The molecule has 0 bridgehead atoms. The van der Waals surface area contributed by atoms with Crippen LogP contribution in [-0.2, 0) is 4.74 Å². The third-order valence-corrected chi connectivity index (χ3v) is 6.53. The fourth-order valence-electron chi connectivity index (χ4n) is 4.99. The molecule has 3 aliphatic rings. The van der Waals surface area contributed by atoms with Crippen LogP contribution >= 0.6 is 0 Å². The van der Waals surface area contributed by atoms with Gasteiger partial charge in [-0.15, -0.1) is 0 Å². The minimum Gasteiger partial charge on any atom is -0.376 e. The first-order valence-electron chi connectivity index (χ1n) is 10.2. The molecule has 3 saturated heterocycles. The Labute approximate surface area is 156 Å². The van der Waals surface area contributed by atoms with Gasteiger partial charge in [0.1, 0.15) is 11.5 Å². The van der Waals surface area contributed by atoms with Crippen LogP contribution in [0.4, 0.5) is 0 Å². The number of ether oxygens (including phenoxy) is 1. The van der Waals surface area contributed by atoms with E-state index in [9.17, 15) is 4.79 Å². The highest BCUT2D eigenvalue weighted by Crippen LogP contribution is 2.42. The zero-order valence-electron chi connectivity index (χ0n) is 16.2. The first-order valence-corrected chi connectivity index (χ1v) is 10.2. The zero-order valence-corrected chi connectivity index (χ0v) is 16.2. The standard InChI is InChI=1S/C20H32N4O2/c1-15-4-3-7-23(12-15)13-17-10-20(14-26-17)5-8-24(9-6-20)19(25)18-11-21-16(2)22-18/h11,15,17H,3-10,12-14H2,1-2H3,(H,21,22)/t15-,17+/m1/s1. The third kappa shape index (κ3) is 3.81. The second-order valence-corrected chi connectivity index (χ2v) is 8.82. The molecule has 0 aliphatic carbocycles. The normalized spacial score (nSPS) is 29.4. The van der Waals surface area contributed by atoms with Gasteiger partial charge in [-0.3, -0.25) is 4.79 Å². The van der Waals surface area contributed by atoms with Crippen LogP contribution in [0, 0.1) is 18.3 Å². The number of carbonyl (C=O) groups excluding carboxylic acids is 1. The molecule has 2 atom stereocenters. The maximum absolute atomic E-state index is 12.6. The van der Waals surface area contributed by atoms with Gasteiger partial charge in [-0.25, -0.2) is 4.98 Å². The molecular weight excluding hydrogens is 328 g/mol. The lowest BCUT2D eigenvalue weighted by Crippen LogP contribution is -2.44. The lowest BCUT2D eigenvalue weighted by molar-refractivity contribution is 0.0400. The summed E-state index contributed by atoms with van der Waals surface area (Å²) in [7, 11) is 0. The van der Waals surface area contributed by atoms with E-state index in [0.717, 1.165) is 57.2 Å². The topological polar surface area (TPSA) is 61.5 Å². The van der Waals surface area contributed by atoms with Crippen molar-refractivity contribution in [3.8, 4) is 0 Å². The summed E-state index contributed by atoms with van der Waals surface area (Å²) in [4.78, 5) is 24.4. The molecule has 4 heterocycles. The molecule has 1 aromatic rings. The summed E-state index contributed by atoms with van der Waals surface area (Å²) in [6.45, 7) is 10.3. The highest BCUT2D eigenvalue weighted by molar-refractivity contribution is 5.92.